The molecule has 0 saturated heterocycles. The van der Waals surface area contributed by atoms with Gasteiger partial charge in [0, 0.05) is 17.3 Å². The quantitative estimate of drug-likeness (QED) is 0.412. The van der Waals surface area contributed by atoms with Gasteiger partial charge in [0.1, 0.15) is 18.2 Å². The monoisotopic (exact) mass is 452 g/mol. The van der Waals surface area contributed by atoms with E-state index in [-0.39, 0.29) is 12.1 Å². The second kappa shape index (κ2) is 8.27. The summed E-state index contributed by atoms with van der Waals surface area (Å²) in [4.78, 5) is 30.4. The molecule has 1 amide bonds. The molecule has 1 aliphatic rings. The maximum atomic E-state index is 12.9. The minimum Gasteiger partial charge on any atom is -0.368 e. The Morgan fingerprint density at radius 3 is 2.74 bits per heavy atom. The third-order valence-corrected chi connectivity index (χ3v) is 6.96. The van der Waals surface area contributed by atoms with Gasteiger partial charge in [0.15, 0.2) is 5.16 Å². The van der Waals surface area contributed by atoms with Gasteiger partial charge >= 0.3 is 0 Å². The highest BCUT2D eigenvalue weighted by Gasteiger charge is 2.30. The maximum absolute atomic E-state index is 12.9. The van der Waals surface area contributed by atoms with Gasteiger partial charge in [0.2, 0.25) is 5.91 Å². The first-order valence-electron chi connectivity index (χ1n) is 9.96. The number of hydrogen-bond acceptors (Lipinski definition) is 7. The number of nitrogens with two attached hydrogens (primary N) is 1. The van der Waals surface area contributed by atoms with Crippen LogP contribution in [0.1, 0.15) is 35.4 Å². The Bertz CT molecular complexity index is 1310. The molecule has 5 rings (SSSR count). The molecule has 31 heavy (non-hydrogen) atoms. The van der Waals surface area contributed by atoms with E-state index in [1.165, 1.54) is 21.2 Å². The van der Waals surface area contributed by atoms with Crippen molar-refractivity contribution in [1.82, 2.24) is 24.3 Å². The Morgan fingerprint density at radius 1 is 1.16 bits per heavy atom. The van der Waals surface area contributed by atoms with Gasteiger partial charge in [-0.1, -0.05) is 30.0 Å². The van der Waals surface area contributed by atoms with Crippen LogP contribution in [0.3, 0.4) is 0 Å². The van der Waals surface area contributed by atoms with Crippen molar-refractivity contribution in [3.05, 3.63) is 68.7 Å². The van der Waals surface area contributed by atoms with Crippen molar-refractivity contribution in [3.8, 4) is 0 Å². The number of carbonyl (C=O) groups is 1. The first-order valence-corrected chi connectivity index (χ1v) is 11.8. The first-order chi connectivity index (χ1) is 15.1. The van der Waals surface area contributed by atoms with Crippen LogP contribution < -0.4 is 11.3 Å². The van der Waals surface area contributed by atoms with Crippen molar-refractivity contribution >= 4 is 39.9 Å². The maximum Gasteiger partial charge on any atom is 0.261 e. The number of carbonyl (C=O) groups excluding carboxylic acids is 1. The van der Waals surface area contributed by atoms with Crippen molar-refractivity contribution in [1.29, 1.82) is 0 Å². The molecule has 8 nitrogen and oxygen atoms in total. The second-order valence-corrected chi connectivity index (χ2v) is 9.42. The van der Waals surface area contributed by atoms with Gasteiger partial charge in [-0.15, -0.1) is 21.5 Å². The highest BCUT2D eigenvalue weighted by Crippen LogP contribution is 2.39. The van der Waals surface area contributed by atoms with Gasteiger partial charge in [-0.05, 0) is 36.4 Å². The zero-order valence-electron chi connectivity index (χ0n) is 16.6. The first kappa shape index (κ1) is 20.0. The number of thioether (sulfide) groups is 1. The number of nitrogens with zero attached hydrogens (tertiary/aromatic N) is 5. The van der Waals surface area contributed by atoms with Crippen molar-refractivity contribution < 1.29 is 4.79 Å². The summed E-state index contributed by atoms with van der Waals surface area (Å²) in [6.45, 7) is -0.203. The lowest BCUT2D eigenvalue weighted by Crippen LogP contribution is -2.31. The minimum absolute atomic E-state index is 0.203. The van der Waals surface area contributed by atoms with Crippen LogP contribution in [0.15, 0.2) is 51.7 Å². The van der Waals surface area contributed by atoms with E-state index in [0.29, 0.717) is 28.5 Å². The number of fused-ring (bicyclic) bond motifs is 1. The summed E-state index contributed by atoms with van der Waals surface area (Å²) >= 11 is 3.19. The van der Waals surface area contributed by atoms with Crippen LogP contribution in [0.5, 0.6) is 0 Å². The lowest BCUT2D eigenvalue weighted by Gasteiger charge is -2.12. The molecule has 1 aliphatic carbocycles. The van der Waals surface area contributed by atoms with Gasteiger partial charge in [0.25, 0.3) is 5.56 Å². The Morgan fingerprint density at radius 2 is 2.00 bits per heavy atom. The average Bonchev–Trinajstić information content (AvgIpc) is 3.31. The Hall–Kier alpha value is -2.98. The molecule has 2 N–H and O–H groups in total. The van der Waals surface area contributed by atoms with Crippen LogP contribution >= 0.6 is 23.1 Å². The molecular weight excluding hydrogens is 432 g/mol. The lowest BCUT2D eigenvalue weighted by molar-refractivity contribution is -0.118. The Balaban J connectivity index is 1.46. The summed E-state index contributed by atoms with van der Waals surface area (Å²) in [7, 11) is 0. The molecule has 3 aromatic heterocycles. The van der Waals surface area contributed by atoms with Crippen molar-refractivity contribution in [3.63, 3.8) is 0 Å². The number of amides is 1. The third kappa shape index (κ3) is 4.13. The fourth-order valence-corrected chi connectivity index (χ4v) is 5.24. The number of para-hydroxylation sites is 1. The summed E-state index contributed by atoms with van der Waals surface area (Å²) in [5.74, 6) is 1.26. The summed E-state index contributed by atoms with van der Waals surface area (Å²) in [5, 5.41) is 12.2. The number of benzene rings is 1. The van der Waals surface area contributed by atoms with Gasteiger partial charge in [-0.2, -0.15) is 0 Å². The largest absolute Gasteiger partial charge is 0.368 e. The molecule has 0 unspecified atom stereocenters. The van der Waals surface area contributed by atoms with Crippen molar-refractivity contribution in [2.24, 2.45) is 5.73 Å². The second-order valence-electron chi connectivity index (χ2n) is 7.45. The molecule has 0 spiro atoms. The molecule has 1 saturated carbocycles. The minimum atomic E-state index is -0.579. The highest BCUT2D eigenvalue weighted by molar-refractivity contribution is 7.98. The number of thiophene rings is 1. The van der Waals surface area contributed by atoms with Crippen LogP contribution in [-0.4, -0.2) is 30.2 Å². The normalized spacial score (nSPS) is 13.7. The smallest absolute Gasteiger partial charge is 0.261 e. The van der Waals surface area contributed by atoms with E-state index in [0.717, 1.165) is 30.2 Å². The molecule has 0 bridgehead atoms. The number of primary amides is 1. The van der Waals surface area contributed by atoms with Gasteiger partial charge in [0.05, 0.1) is 16.7 Å². The topological polar surface area (TPSA) is 109 Å². The summed E-state index contributed by atoms with van der Waals surface area (Å²) < 4.78 is 3.57. The van der Waals surface area contributed by atoms with E-state index < -0.39 is 5.91 Å². The zero-order chi connectivity index (χ0) is 21.4. The number of aromatic nitrogens is 5. The van der Waals surface area contributed by atoms with E-state index in [1.807, 2.05) is 12.1 Å². The van der Waals surface area contributed by atoms with Crippen LogP contribution in [0.4, 0.5) is 0 Å². The average molecular weight is 453 g/mol. The molecule has 0 atom stereocenters. The fourth-order valence-electron chi connectivity index (χ4n) is 3.57. The van der Waals surface area contributed by atoms with Crippen LogP contribution in [0, 0.1) is 0 Å². The SMILES string of the molecule is NC(=O)Cn1c(CSc2nnc(Cc3cccs3)n2C2CC2)nc2ccccc2c1=O. The van der Waals surface area contributed by atoms with Crippen LogP contribution in [0.25, 0.3) is 10.9 Å². The molecule has 158 valence electrons. The summed E-state index contributed by atoms with van der Waals surface area (Å²) in [6.07, 6.45) is 2.98. The Kier molecular flexibility index (Phi) is 5.33. The van der Waals surface area contributed by atoms with E-state index >= 15 is 0 Å². The third-order valence-electron chi connectivity index (χ3n) is 5.14. The molecule has 1 fully saturated rings. The summed E-state index contributed by atoms with van der Waals surface area (Å²) in [5.41, 5.74) is 5.74. The molecule has 10 heteroatoms. The predicted octanol–water partition coefficient (Wildman–Crippen LogP) is 2.75. The predicted molar refractivity (Wildman–Crippen MR) is 120 cm³/mol. The van der Waals surface area contributed by atoms with Crippen molar-refractivity contribution in [2.45, 2.75) is 42.8 Å². The standard InChI is InChI=1S/C21H20N6O2S2/c22-17(28)11-26-19(23-16-6-2-1-5-15(16)20(26)29)12-31-21-25-24-18(27(21)13-7-8-13)10-14-4-3-9-30-14/h1-6,9,13H,7-8,10-12H2,(H2,22,28). The fraction of sp³-hybridized carbons (Fsp3) is 0.286. The molecule has 0 radical (unpaired) electrons. The van der Waals surface area contributed by atoms with Crippen LogP contribution in [0.2, 0.25) is 0 Å². The van der Waals surface area contributed by atoms with E-state index in [1.54, 1.807) is 29.5 Å². The zero-order valence-corrected chi connectivity index (χ0v) is 18.2. The van der Waals surface area contributed by atoms with Gasteiger partial charge in [-0.3, -0.25) is 14.2 Å². The molecule has 1 aromatic carbocycles. The van der Waals surface area contributed by atoms with E-state index in [4.69, 9.17) is 5.73 Å². The molecular formula is C21H20N6O2S2. The van der Waals surface area contributed by atoms with Crippen molar-refractivity contribution in [2.75, 3.05) is 0 Å². The van der Waals surface area contributed by atoms with E-state index in [9.17, 15) is 9.59 Å². The molecule has 3 heterocycles. The number of hydrogen-bond donors (Lipinski definition) is 1. The summed E-state index contributed by atoms with van der Waals surface area (Å²) in [6, 6.07) is 11.7. The van der Waals surface area contributed by atoms with E-state index in [2.05, 4.69) is 31.2 Å². The number of rotatable bonds is 8. The Labute approximate surface area is 186 Å². The highest BCUT2D eigenvalue weighted by atomic mass is 32.2. The van der Waals surface area contributed by atoms with Gasteiger partial charge in [-0.25, -0.2) is 4.98 Å². The van der Waals surface area contributed by atoms with Crippen LogP contribution in [-0.2, 0) is 23.5 Å². The molecule has 4 aromatic rings. The van der Waals surface area contributed by atoms with Gasteiger partial charge < -0.3 is 10.3 Å². The molecule has 0 aliphatic heterocycles. The lowest BCUT2D eigenvalue weighted by atomic mass is 10.2.